The van der Waals surface area contributed by atoms with Crippen molar-refractivity contribution in [1.82, 2.24) is 15.1 Å². The molecule has 0 aliphatic carbocycles. The molecule has 0 atom stereocenters. The molecular formula is C18H25ClN4O2. The normalized spacial score (nSPS) is 10.8. The number of carbonyl (C=O) groups excluding carboxylic acids is 1. The van der Waals surface area contributed by atoms with Gasteiger partial charge in [-0.3, -0.25) is 9.59 Å². The summed E-state index contributed by atoms with van der Waals surface area (Å²) in [5.41, 5.74) is 6.61. The highest BCUT2D eigenvalue weighted by atomic mass is 35.5. The van der Waals surface area contributed by atoms with E-state index < -0.39 is 5.54 Å². The van der Waals surface area contributed by atoms with Crippen LogP contribution in [0, 0.1) is 0 Å². The molecule has 3 N–H and O–H groups in total. The molecule has 25 heavy (non-hydrogen) atoms. The van der Waals surface area contributed by atoms with Crippen molar-refractivity contribution in [2.75, 3.05) is 6.54 Å². The van der Waals surface area contributed by atoms with Crippen LogP contribution in [0.1, 0.15) is 26.7 Å². The Hall–Kier alpha value is -2.18. The first-order chi connectivity index (χ1) is 11.5. The molecule has 1 aromatic heterocycles. The predicted molar refractivity (Wildman–Crippen MR) is 102 cm³/mol. The summed E-state index contributed by atoms with van der Waals surface area (Å²) < 4.78 is 1.18. The summed E-state index contributed by atoms with van der Waals surface area (Å²) in [6.07, 6.45) is 1.47. The topological polar surface area (TPSA) is 90.0 Å². The van der Waals surface area contributed by atoms with E-state index in [9.17, 15) is 9.59 Å². The summed E-state index contributed by atoms with van der Waals surface area (Å²) in [6.45, 7) is 4.20. The van der Waals surface area contributed by atoms with Gasteiger partial charge in [0.05, 0.1) is 11.2 Å². The van der Waals surface area contributed by atoms with E-state index in [0.29, 0.717) is 12.2 Å². The molecule has 0 saturated heterocycles. The van der Waals surface area contributed by atoms with E-state index in [2.05, 4.69) is 10.4 Å². The van der Waals surface area contributed by atoms with E-state index in [-0.39, 0.29) is 30.4 Å². The number of benzene rings is 1. The molecule has 0 spiro atoms. The zero-order valence-electron chi connectivity index (χ0n) is 14.6. The molecule has 6 nitrogen and oxygen atoms in total. The number of carbonyl (C=O) groups is 1. The lowest BCUT2D eigenvalue weighted by molar-refractivity contribution is -0.123. The maximum Gasteiger partial charge on any atom is 0.267 e. The molecule has 136 valence electrons. The van der Waals surface area contributed by atoms with Crippen molar-refractivity contribution in [2.24, 2.45) is 5.73 Å². The molecule has 1 aromatic carbocycles. The van der Waals surface area contributed by atoms with E-state index in [1.807, 2.05) is 44.2 Å². The number of amides is 1. The Morgan fingerprint density at radius 2 is 1.80 bits per heavy atom. The van der Waals surface area contributed by atoms with Crippen LogP contribution in [0.15, 0.2) is 47.3 Å². The third-order valence-electron chi connectivity index (χ3n) is 4.38. The van der Waals surface area contributed by atoms with Crippen molar-refractivity contribution in [1.29, 1.82) is 0 Å². The van der Waals surface area contributed by atoms with E-state index in [4.69, 9.17) is 5.73 Å². The first-order valence-corrected chi connectivity index (χ1v) is 8.18. The second-order valence-electron chi connectivity index (χ2n) is 5.82. The lowest BCUT2D eigenvalue weighted by Crippen LogP contribution is -2.54. The maximum atomic E-state index is 12.3. The van der Waals surface area contributed by atoms with Crippen molar-refractivity contribution < 1.29 is 4.79 Å². The second-order valence-corrected chi connectivity index (χ2v) is 5.82. The molecule has 7 heteroatoms. The van der Waals surface area contributed by atoms with Gasteiger partial charge in [0, 0.05) is 18.2 Å². The van der Waals surface area contributed by atoms with Gasteiger partial charge in [-0.05, 0) is 18.9 Å². The largest absolute Gasteiger partial charge is 0.348 e. The standard InChI is InChI=1S/C18H24N4O2.ClH/c1-3-18(4-2,13-19)20-16(23)12-22-17(24)11-10-15(21-22)14-8-6-5-7-9-14;/h5-11H,3-4,12-13,19H2,1-2H3,(H,20,23);1H. The Morgan fingerprint density at radius 1 is 1.16 bits per heavy atom. The SMILES string of the molecule is CCC(CC)(CN)NC(=O)Cn1nc(-c2ccccc2)ccc1=O.Cl. The van der Waals surface area contributed by atoms with Crippen molar-refractivity contribution in [3.8, 4) is 11.3 Å². The minimum Gasteiger partial charge on any atom is -0.348 e. The molecule has 0 fully saturated rings. The molecule has 0 aliphatic rings. The molecule has 0 radical (unpaired) electrons. The Kier molecular flexibility index (Phi) is 7.80. The van der Waals surface area contributed by atoms with E-state index in [1.54, 1.807) is 6.07 Å². The van der Waals surface area contributed by atoms with Crippen LogP contribution in [-0.2, 0) is 11.3 Å². The van der Waals surface area contributed by atoms with Gasteiger partial charge >= 0.3 is 0 Å². The van der Waals surface area contributed by atoms with Gasteiger partial charge in [-0.2, -0.15) is 5.10 Å². The highest BCUT2D eigenvalue weighted by Gasteiger charge is 2.26. The van der Waals surface area contributed by atoms with Crippen molar-refractivity contribution in [3.05, 3.63) is 52.8 Å². The van der Waals surface area contributed by atoms with Gasteiger partial charge in [-0.25, -0.2) is 4.68 Å². The highest BCUT2D eigenvalue weighted by molar-refractivity contribution is 5.85. The number of nitrogens with zero attached hydrogens (tertiary/aromatic N) is 2. The average molecular weight is 365 g/mol. The molecule has 2 aromatic rings. The third kappa shape index (κ3) is 5.14. The molecular weight excluding hydrogens is 340 g/mol. The fourth-order valence-electron chi connectivity index (χ4n) is 2.56. The van der Waals surface area contributed by atoms with Gasteiger partial charge in [0.2, 0.25) is 5.91 Å². The van der Waals surface area contributed by atoms with Crippen LogP contribution in [0.3, 0.4) is 0 Å². The van der Waals surface area contributed by atoms with Crippen LogP contribution < -0.4 is 16.6 Å². The molecule has 0 unspecified atom stereocenters. The van der Waals surface area contributed by atoms with Crippen LogP contribution in [0.4, 0.5) is 0 Å². The summed E-state index contributed by atoms with van der Waals surface area (Å²) >= 11 is 0. The zero-order valence-corrected chi connectivity index (χ0v) is 15.4. The monoisotopic (exact) mass is 364 g/mol. The van der Waals surface area contributed by atoms with E-state index >= 15 is 0 Å². The second kappa shape index (κ2) is 9.34. The van der Waals surface area contributed by atoms with Crippen molar-refractivity contribution in [3.63, 3.8) is 0 Å². The van der Waals surface area contributed by atoms with Crippen LogP contribution in [0.2, 0.25) is 0 Å². The van der Waals surface area contributed by atoms with Crippen LogP contribution in [0.5, 0.6) is 0 Å². The minimum absolute atomic E-state index is 0. The third-order valence-corrected chi connectivity index (χ3v) is 4.38. The Morgan fingerprint density at radius 3 is 2.36 bits per heavy atom. The Labute approximate surface area is 153 Å². The highest BCUT2D eigenvalue weighted by Crippen LogP contribution is 2.15. The van der Waals surface area contributed by atoms with Crippen molar-refractivity contribution >= 4 is 18.3 Å². The number of hydrogen-bond acceptors (Lipinski definition) is 4. The number of halogens is 1. The number of nitrogens with two attached hydrogens (primary N) is 1. The summed E-state index contributed by atoms with van der Waals surface area (Å²) in [5.74, 6) is -0.260. The first kappa shape index (κ1) is 20.9. The van der Waals surface area contributed by atoms with Crippen LogP contribution >= 0.6 is 12.4 Å². The van der Waals surface area contributed by atoms with E-state index in [0.717, 1.165) is 18.4 Å². The van der Waals surface area contributed by atoms with Gasteiger partial charge < -0.3 is 11.1 Å². The summed E-state index contributed by atoms with van der Waals surface area (Å²) in [7, 11) is 0. The Balaban J connectivity index is 0.00000312. The molecule has 0 bridgehead atoms. The van der Waals surface area contributed by atoms with Gasteiger partial charge in [0.1, 0.15) is 6.54 Å². The van der Waals surface area contributed by atoms with Gasteiger partial charge in [-0.15, -0.1) is 12.4 Å². The fourth-order valence-corrected chi connectivity index (χ4v) is 2.56. The quantitative estimate of drug-likeness (QED) is 0.785. The lowest BCUT2D eigenvalue weighted by atomic mass is 9.93. The zero-order chi connectivity index (χ0) is 17.6. The average Bonchev–Trinajstić information content (AvgIpc) is 2.62. The summed E-state index contributed by atoms with van der Waals surface area (Å²) in [5, 5.41) is 7.25. The predicted octanol–water partition coefficient (Wildman–Crippen LogP) is 1.97. The van der Waals surface area contributed by atoms with Crippen LogP contribution in [0.25, 0.3) is 11.3 Å². The number of hydrogen-bond donors (Lipinski definition) is 2. The van der Waals surface area contributed by atoms with Gasteiger partial charge in [0.15, 0.2) is 0 Å². The van der Waals surface area contributed by atoms with Crippen molar-refractivity contribution in [2.45, 2.75) is 38.8 Å². The van der Waals surface area contributed by atoms with Gasteiger partial charge in [0.25, 0.3) is 5.56 Å². The lowest BCUT2D eigenvalue weighted by Gasteiger charge is -2.31. The molecule has 1 heterocycles. The molecule has 1 amide bonds. The van der Waals surface area contributed by atoms with E-state index in [1.165, 1.54) is 10.7 Å². The maximum absolute atomic E-state index is 12.3. The molecule has 0 saturated carbocycles. The number of rotatable bonds is 7. The number of nitrogens with one attached hydrogen (secondary N) is 1. The van der Waals surface area contributed by atoms with Crippen LogP contribution in [-0.4, -0.2) is 27.8 Å². The summed E-state index contributed by atoms with van der Waals surface area (Å²) in [6, 6.07) is 12.6. The molecule has 0 aliphatic heterocycles. The number of aromatic nitrogens is 2. The Bertz CT molecular complexity index is 734. The van der Waals surface area contributed by atoms with Gasteiger partial charge in [-0.1, -0.05) is 44.2 Å². The smallest absolute Gasteiger partial charge is 0.267 e. The fraction of sp³-hybridized carbons (Fsp3) is 0.389. The minimum atomic E-state index is -0.433. The first-order valence-electron chi connectivity index (χ1n) is 8.18. The molecule has 2 rings (SSSR count). The summed E-state index contributed by atoms with van der Waals surface area (Å²) in [4.78, 5) is 24.3.